The minimum Gasteiger partial charge on any atom is -0.377 e. The topological polar surface area (TPSA) is 323 Å². The zero-order chi connectivity index (χ0) is 81.3. The maximum absolute atomic E-state index is 12.8. The van der Waals surface area contributed by atoms with Crippen molar-refractivity contribution >= 4 is 97.0 Å². The minimum atomic E-state index is -3.37. The van der Waals surface area contributed by atoms with E-state index in [1.54, 1.807) is 32.0 Å². The summed E-state index contributed by atoms with van der Waals surface area (Å²) < 4.78 is 74.6. The fraction of sp³-hybridized carbons (Fsp3) is 0.459. The molecule has 0 N–H and O–H groups in total. The number of pyridine rings is 4. The van der Waals surface area contributed by atoms with Crippen LogP contribution in [0.5, 0.6) is 0 Å². The summed E-state index contributed by atoms with van der Waals surface area (Å²) in [7, 11) is -2.90. The Morgan fingerprint density at radius 3 is 1.11 bits per heavy atom. The van der Waals surface area contributed by atoms with Gasteiger partial charge in [0.15, 0.2) is 33.1 Å². The number of carbonyl (C=O) groups is 2. The van der Waals surface area contributed by atoms with E-state index in [0.29, 0.717) is 151 Å². The predicted octanol–water partition coefficient (Wildman–Crippen LogP) is 9.65. The Bertz CT molecular complexity index is 5520. The van der Waals surface area contributed by atoms with Crippen LogP contribution in [-0.4, -0.2) is 260 Å². The summed E-state index contributed by atoms with van der Waals surface area (Å²) in [5, 5.41) is -0.551. The Kier molecular flexibility index (Phi) is 23.1. The minimum absolute atomic E-state index is 0.0215. The summed E-state index contributed by atoms with van der Waals surface area (Å²) in [4.78, 5) is 97.9. The second-order valence-electron chi connectivity index (χ2n) is 31.6. The van der Waals surface area contributed by atoms with Crippen LogP contribution in [0, 0.1) is 0 Å². The highest BCUT2D eigenvalue weighted by Gasteiger charge is 2.38. The summed E-state index contributed by atoms with van der Waals surface area (Å²) in [6, 6.07) is 16.0. The van der Waals surface area contributed by atoms with E-state index in [1.165, 1.54) is 4.31 Å². The first-order valence-corrected chi connectivity index (χ1v) is 44.4. The second kappa shape index (κ2) is 34.2. The molecule has 8 saturated heterocycles. The number of likely N-dealkylation sites (N-methyl/N-ethyl adjacent to an activating group) is 1. The van der Waals surface area contributed by atoms with Crippen molar-refractivity contribution in [3.8, 4) is 45.6 Å². The van der Waals surface area contributed by atoms with Crippen molar-refractivity contribution in [1.29, 1.82) is 0 Å². The van der Waals surface area contributed by atoms with Gasteiger partial charge in [-0.15, -0.1) is 0 Å². The zero-order valence-corrected chi connectivity index (χ0v) is 69.2. The third-order valence-electron chi connectivity index (χ3n) is 23.6. The summed E-state index contributed by atoms with van der Waals surface area (Å²) >= 11 is 0. The molecular formula is C85H99N21O10S2. The van der Waals surface area contributed by atoms with E-state index in [0.717, 1.165) is 155 Å². The first-order valence-electron chi connectivity index (χ1n) is 41.1. The standard InChI is InChI=1S/C22H26N6O2.C21H24N6O2.C21H25N5O3S.C21H24N4O3S/c1-15-14-30-12-11-27(15)19-13-20(28-10-4-9-26(2)22(28)29)25-21(24-19)17-7-8-23-18-6-3-5-16(17)18;1-14-13-29-11-10-26(14)18-12-19(27-9-8-25(2)21(27)28)24-20(23-18)16-6-7-22-17-5-3-4-15(16)17;1-15-14-29-11-10-25(15)19-13-20(26-9-2-3-12-30(26,27)28)24-21(23-19)17-7-8-22-18-6-4-5-16(17)18;1-14-13-28-10-9-25(14)20-12-18(19-6-3-11-29(19,26)27)23-21(24-20)16-7-8-22-17-5-2-4-15(16)17/h3,5,7-8,13,15H,4,6,9-12,14H2,1-2H3;3-4,6-7,12,14H,5,8-11,13H2,1-2H3;4-5,7-8,13,15H,2-3,6,9-12,14H2,1H3;2,4,7-8,12,14,19H,3,5-6,9-11,13H2,1H3/t15-;14-;15-;14-,19?/m1111/s1. The average molecular weight is 1640 g/mol. The Morgan fingerprint density at radius 2 is 0.737 bits per heavy atom. The number of sulfonamides is 1. The Balaban J connectivity index is 0.000000113. The third-order valence-corrected chi connectivity index (χ3v) is 27.6. The van der Waals surface area contributed by atoms with Gasteiger partial charge in [-0.3, -0.25) is 34.0 Å². The van der Waals surface area contributed by atoms with E-state index in [4.69, 9.17) is 58.8 Å². The molecule has 4 amide bonds. The molecule has 16 heterocycles. The molecule has 0 saturated carbocycles. The number of sulfone groups is 1. The second-order valence-corrected chi connectivity index (χ2v) is 35.9. The molecule has 1 unspecified atom stereocenters. The normalized spacial score (nSPS) is 22.7. The molecule has 5 atom stereocenters. The molecule has 8 aromatic heterocycles. The number of hydrogen-bond acceptors (Lipinski definition) is 26. The molecule has 12 aliphatic rings. The van der Waals surface area contributed by atoms with Gasteiger partial charge >= 0.3 is 12.1 Å². The van der Waals surface area contributed by atoms with E-state index in [2.05, 4.69) is 110 Å². The number of aromatic nitrogens is 12. The van der Waals surface area contributed by atoms with Crippen LogP contribution < -0.4 is 33.7 Å². The first kappa shape index (κ1) is 79.6. The fourth-order valence-electron chi connectivity index (χ4n) is 17.1. The van der Waals surface area contributed by atoms with Gasteiger partial charge in [0.2, 0.25) is 10.0 Å². The van der Waals surface area contributed by atoms with Crippen molar-refractivity contribution in [2.75, 3.05) is 171 Å². The highest BCUT2D eigenvalue weighted by Crippen LogP contribution is 2.41. The van der Waals surface area contributed by atoms with Crippen molar-refractivity contribution in [2.24, 2.45) is 0 Å². The number of urea groups is 2. The number of fused-ring (bicyclic) bond motifs is 4. The maximum Gasteiger partial charge on any atom is 0.325 e. The molecule has 8 aromatic rings. The van der Waals surface area contributed by atoms with Crippen molar-refractivity contribution in [3.63, 3.8) is 0 Å². The lowest BCUT2D eigenvalue weighted by Gasteiger charge is -2.36. The summed E-state index contributed by atoms with van der Waals surface area (Å²) in [5.74, 6) is 7.66. The predicted molar refractivity (Wildman–Crippen MR) is 454 cm³/mol. The van der Waals surface area contributed by atoms with Crippen LogP contribution in [0.4, 0.5) is 50.3 Å². The smallest absolute Gasteiger partial charge is 0.325 e. The van der Waals surface area contributed by atoms with Crippen LogP contribution in [0.2, 0.25) is 0 Å². The molecule has 0 radical (unpaired) electrons. The number of carbonyl (C=O) groups excluding carboxylic acids is 2. The molecule has 616 valence electrons. The summed E-state index contributed by atoms with van der Waals surface area (Å²) in [5.41, 5.74) is 12.5. The number of allylic oxidation sites excluding steroid dienone is 4. The van der Waals surface area contributed by atoms with Crippen molar-refractivity contribution in [2.45, 2.75) is 115 Å². The number of morpholine rings is 4. The molecule has 31 nitrogen and oxygen atoms in total. The number of nitrogens with zero attached hydrogens (tertiary/aromatic N) is 21. The van der Waals surface area contributed by atoms with Crippen LogP contribution in [0.1, 0.15) is 116 Å². The van der Waals surface area contributed by atoms with Crippen LogP contribution in [0.25, 0.3) is 69.9 Å². The Morgan fingerprint density at radius 1 is 0.373 bits per heavy atom. The SMILES string of the molecule is C[C@@H]1COCCN1c1cc(C2CCCS2(=O)=O)nc(-c2ccnc3c2C=CC3)n1.C[C@@H]1COCCN1c1cc(N2CCCCS2(=O)=O)nc(-c2ccnc3c2C=CC3)n1.C[C@@H]1COCCN1c1cc(N2CCCN(C)C2=O)nc(-c2ccnc3c2C=CC3)n1.C[C@@H]1COCCN1c1cc(N2CCN(C)C2=O)nc(-c2ccnc3c2C=CC3)n1. The highest BCUT2D eigenvalue weighted by molar-refractivity contribution is 7.92. The van der Waals surface area contributed by atoms with Crippen LogP contribution in [0.15, 0.2) is 97.6 Å². The first-order chi connectivity index (χ1) is 57.3. The molecule has 118 heavy (non-hydrogen) atoms. The molecule has 8 fully saturated rings. The lowest BCUT2D eigenvalue weighted by molar-refractivity contribution is 0.0985. The molecule has 20 rings (SSSR count). The largest absolute Gasteiger partial charge is 0.377 e. The van der Waals surface area contributed by atoms with Gasteiger partial charge in [-0.25, -0.2) is 66.3 Å². The van der Waals surface area contributed by atoms with E-state index < -0.39 is 25.1 Å². The van der Waals surface area contributed by atoms with Gasteiger partial charge < -0.3 is 48.3 Å². The summed E-state index contributed by atoms with van der Waals surface area (Å²) in [6.45, 7) is 19.7. The van der Waals surface area contributed by atoms with E-state index in [9.17, 15) is 26.4 Å². The number of anilines is 7. The van der Waals surface area contributed by atoms with Gasteiger partial charge in [0.05, 0.1) is 117 Å². The molecule has 4 aliphatic carbocycles. The van der Waals surface area contributed by atoms with E-state index >= 15 is 0 Å². The van der Waals surface area contributed by atoms with Gasteiger partial charge in [-0.05, 0) is 84.1 Å². The molecule has 0 spiro atoms. The Hall–Kier alpha value is -10.8. The van der Waals surface area contributed by atoms with Crippen LogP contribution in [0.3, 0.4) is 0 Å². The number of amides is 4. The average Bonchev–Trinajstić information content (AvgIpc) is 1.24. The lowest BCUT2D eigenvalue weighted by Crippen LogP contribution is -2.48. The van der Waals surface area contributed by atoms with Crippen molar-refractivity contribution in [3.05, 3.63) is 148 Å². The molecule has 8 aliphatic heterocycles. The van der Waals surface area contributed by atoms with Crippen LogP contribution in [-0.2, 0) is 64.5 Å². The summed E-state index contributed by atoms with van der Waals surface area (Å²) in [6.07, 6.45) is 30.8. The van der Waals surface area contributed by atoms with Gasteiger partial charge in [0.25, 0.3) is 0 Å². The maximum atomic E-state index is 12.8. The molecule has 33 heteroatoms. The number of rotatable bonds is 12. The fourth-order valence-corrected chi connectivity index (χ4v) is 20.6. The molecular weight excluding hydrogens is 1540 g/mol. The highest BCUT2D eigenvalue weighted by atomic mass is 32.2. The lowest BCUT2D eigenvalue weighted by atomic mass is 10.1. The number of hydrogen-bond donors (Lipinski definition) is 0. The zero-order valence-electron chi connectivity index (χ0n) is 67.5. The molecule has 0 bridgehead atoms. The van der Waals surface area contributed by atoms with E-state index in [-0.39, 0.29) is 47.7 Å². The Labute approximate surface area is 688 Å². The van der Waals surface area contributed by atoms with Crippen molar-refractivity contribution in [1.82, 2.24) is 69.6 Å². The van der Waals surface area contributed by atoms with Gasteiger partial charge in [0, 0.05) is 192 Å². The quantitative estimate of drug-likeness (QED) is 0.110. The van der Waals surface area contributed by atoms with E-state index in [1.807, 2.05) is 81.1 Å². The number of ether oxygens (including phenoxy) is 4. The van der Waals surface area contributed by atoms with Crippen molar-refractivity contribution < 1.29 is 45.4 Å². The van der Waals surface area contributed by atoms with Gasteiger partial charge in [-0.1, -0.05) is 48.6 Å². The van der Waals surface area contributed by atoms with Gasteiger partial charge in [-0.2, -0.15) is 0 Å². The van der Waals surface area contributed by atoms with Gasteiger partial charge in [0.1, 0.15) is 46.0 Å². The van der Waals surface area contributed by atoms with Crippen LogP contribution >= 0.6 is 0 Å². The monoisotopic (exact) mass is 1640 g/mol. The molecule has 0 aromatic carbocycles. The third kappa shape index (κ3) is 16.5.